The lowest BCUT2D eigenvalue weighted by molar-refractivity contribution is 0.120. The standard InChI is InChI=1S/C27H32N6O5/c1-20-4-3-5-22(16-20)19-29-32-24-17-25(33-10-12-36-13-11-33)31-26(30-24)37-14-15-38-27(34)28-18-21-6-8-23(35-2)9-7-21/h3-9,16-17,19H,10-15,18H2,1-2H3,(H,28,34)(H,30,31,32)/b29-19+. The largest absolute Gasteiger partial charge is 0.497 e. The van der Waals surface area contributed by atoms with E-state index in [4.69, 9.17) is 18.9 Å². The first-order valence-corrected chi connectivity index (χ1v) is 12.3. The van der Waals surface area contributed by atoms with Crippen LogP contribution in [0.3, 0.4) is 0 Å². The lowest BCUT2D eigenvalue weighted by Gasteiger charge is -2.28. The quantitative estimate of drug-likeness (QED) is 0.223. The van der Waals surface area contributed by atoms with Crippen molar-refractivity contribution in [2.75, 3.05) is 57.0 Å². The fourth-order valence-electron chi connectivity index (χ4n) is 3.65. The van der Waals surface area contributed by atoms with Gasteiger partial charge in [0, 0.05) is 25.7 Å². The number of methoxy groups -OCH3 is 1. The Bertz CT molecular complexity index is 1210. The molecule has 0 saturated carbocycles. The number of nitrogens with zero attached hydrogens (tertiary/aromatic N) is 4. The highest BCUT2D eigenvalue weighted by atomic mass is 16.6. The van der Waals surface area contributed by atoms with Crippen LogP contribution in [-0.4, -0.2) is 68.9 Å². The van der Waals surface area contributed by atoms with Crippen LogP contribution in [0.15, 0.2) is 59.7 Å². The molecule has 2 heterocycles. The normalized spacial score (nSPS) is 13.3. The lowest BCUT2D eigenvalue weighted by Crippen LogP contribution is -2.36. The van der Waals surface area contributed by atoms with Crippen molar-refractivity contribution in [3.63, 3.8) is 0 Å². The van der Waals surface area contributed by atoms with Crippen molar-refractivity contribution in [1.82, 2.24) is 15.3 Å². The van der Waals surface area contributed by atoms with Gasteiger partial charge in [-0.1, -0.05) is 42.0 Å². The Kier molecular flexibility index (Phi) is 9.69. The van der Waals surface area contributed by atoms with Crippen molar-refractivity contribution >= 4 is 23.9 Å². The van der Waals surface area contributed by atoms with Gasteiger partial charge in [0.1, 0.15) is 24.8 Å². The molecule has 0 unspecified atom stereocenters. The number of aromatic nitrogens is 2. The Morgan fingerprint density at radius 3 is 2.68 bits per heavy atom. The van der Waals surface area contributed by atoms with E-state index in [0.29, 0.717) is 44.5 Å². The minimum Gasteiger partial charge on any atom is -0.497 e. The molecular formula is C27H32N6O5. The van der Waals surface area contributed by atoms with Gasteiger partial charge in [-0.15, -0.1) is 0 Å². The maximum Gasteiger partial charge on any atom is 0.407 e. The molecule has 1 saturated heterocycles. The summed E-state index contributed by atoms with van der Waals surface area (Å²) in [5.41, 5.74) is 6.01. The molecule has 0 radical (unpaired) electrons. The Balaban J connectivity index is 1.30. The number of amides is 1. The van der Waals surface area contributed by atoms with Crippen molar-refractivity contribution < 1.29 is 23.7 Å². The number of rotatable bonds is 11. The molecule has 2 aromatic carbocycles. The van der Waals surface area contributed by atoms with Gasteiger partial charge in [-0.05, 0) is 30.2 Å². The summed E-state index contributed by atoms with van der Waals surface area (Å²) in [5.74, 6) is 1.94. The van der Waals surface area contributed by atoms with Crippen molar-refractivity contribution in [3.8, 4) is 11.8 Å². The van der Waals surface area contributed by atoms with E-state index in [9.17, 15) is 4.79 Å². The first-order chi connectivity index (χ1) is 18.6. The minimum atomic E-state index is -0.541. The van der Waals surface area contributed by atoms with E-state index in [0.717, 1.165) is 22.4 Å². The Morgan fingerprint density at radius 2 is 1.92 bits per heavy atom. The van der Waals surface area contributed by atoms with Crippen molar-refractivity contribution in [3.05, 3.63) is 71.3 Å². The molecule has 1 aromatic heterocycles. The van der Waals surface area contributed by atoms with E-state index in [1.807, 2.05) is 61.5 Å². The molecule has 2 N–H and O–H groups in total. The molecule has 3 aromatic rings. The zero-order valence-corrected chi connectivity index (χ0v) is 21.6. The van der Waals surface area contributed by atoms with E-state index >= 15 is 0 Å². The van der Waals surface area contributed by atoms with Gasteiger partial charge in [0.25, 0.3) is 0 Å². The van der Waals surface area contributed by atoms with Gasteiger partial charge in [0.2, 0.25) is 0 Å². The number of hydrogen-bond acceptors (Lipinski definition) is 10. The highest BCUT2D eigenvalue weighted by Gasteiger charge is 2.16. The maximum absolute atomic E-state index is 12.0. The van der Waals surface area contributed by atoms with E-state index < -0.39 is 6.09 Å². The van der Waals surface area contributed by atoms with Crippen molar-refractivity contribution in [1.29, 1.82) is 0 Å². The second-order valence-corrected chi connectivity index (χ2v) is 8.46. The second-order valence-electron chi connectivity index (χ2n) is 8.46. The van der Waals surface area contributed by atoms with Gasteiger partial charge in [-0.3, -0.25) is 5.43 Å². The fourth-order valence-corrected chi connectivity index (χ4v) is 3.65. The third-order valence-electron chi connectivity index (χ3n) is 5.61. The number of benzene rings is 2. The van der Waals surface area contributed by atoms with Gasteiger partial charge in [-0.25, -0.2) is 4.79 Å². The predicted octanol–water partition coefficient (Wildman–Crippen LogP) is 3.38. The maximum atomic E-state index is 12.0. The van der Waals surface area contributed by atoms with Crippen LogP contribution in [0.1, 0.15) is 16.7 Å². The molecule has 1 aliphatic heterocycles. The van der Waals surface area contributed by atoms with Crippen LogP contribution < -0.4 is 25.1 Å². The molecular weight excluding hydrogens is 488 g/mol. The van der Waals surface area contributed by atoms with Crippen molar-refractivity contribution in [2.45, 2.75) is 13.5 Å². The molecule has 1 aliphatic rings. The number of ether oxygens (including phenoxy) is 4. The summed E-state index contributed by atoms with van der Waals surface area (Å²) in [5, 5.41) is 7.01. The number of hydrogen-bond donors (Lipinski definition) is 2. The van der Waals surface area contributed by atoms with E-state index in [1.165, 1.54) is 0 Å². The van der Waals surface area contributed by atoms with Gasteiger partial charge >= 0.3 is 12.1 Å². The van der Waals surface area contributed by atoms with Gasteiger partial charge in [-0.2, -0.15) is 15.1 Å². The molecule has 0 spiro atoms. The number of anilines is 2. The van der Waals surface area contributed by atoms with Gasteiger partial charge in [0.05, 0.1) is 26.5 Å². The number of nitrogens with one attached hydrogen (secondary N) is 2. The average Bonchev–Trinajstić information content (AvgIpc) is 2.95. The summed E-state index contributed by atoms with van der Waals surface area (Å²) in [6.45, 7) is 5.15. The molecule has 0 bridgehead atoms. The Morgan fingerprint density at radius 1 is 1.11 bits per heavy atom. The van der Waals surface area contributed by atoms with Crippen LogP contribution in [0.4, 0.5) is 16.4 Å². The summed E-state index contributed by atoms with van der Waals surface area (Å²) in [6.07, 6.45) is 1.18. The highest BCUT2D eigenvalue weighted by molar-refractivity contribution is 5.80. The van der Waals surface area contributed by atoms with Crippen LogP contribution in [0.5, 0.6) is 11.8 Å². The molecule has 0 atom stereocenters. The van der Waals surface area contributed by atoms with E-state index in [2.05, 4.69) is 30.7 Å². The molecule has 11 nitrogen and oxygen atoms in total. The smallest absolute Gasteiger partial charge is 0.407 e. The van der Waals surface area contributed by atoms with E-state index in [1.54, 1.807) is 13.3 Å². The second kappa shape index (κ2) is 13.8. The lowest BCUT2D eigenvalue weighted by atomic mass is 10.2. The summed E-state index contributed by atoms with van der Waals surface area (Å²) in [4.78, 5) is 23.0. The monoisotopic (exact) mass is 520 g/mol. The summed E-state index contributed by atoms with van der Waals surface area (Å²) >= 11 is 0. The first kappa shape index (κ1) is 26.7. The predicted molar refractivity (Wildman–Crippen MR) is 144 cm³/mol. The summed E-state index contributed by atoms with van der Waals surface area (Å²) in [6, 6.07) is 17.4. The molecule has 38 heavy (non-hydrogen) atoms. The zero-order valence-electron chi connectivity index (χ0n) is 21.6. The molecule has 4 rings (SSSR count). The SMILES string of the molecule is COc1ccc(CNC(=O)OCCOc2nc(N/N=C/c3cccc(C)c3)cc(N3CCOCC3)n2)cc1. The summed E-state index contributed by atoms with van der Waals surface area (Å²) in [7, 11) is 1.61. The minimum absolute atomic E-state index is 0.0356. The molecule has 200 valence electrons. The van der Waals surface area contributed by atoms with Crippen LogP contribution in [0.2, 0.25) is 0 Å². The molecule has 1 fully saturated rings. The number of alkyl carbamates (subject to hydrolysis) is 1. The molecule has 1 amide bonds. The average molecular weight is 521 g/mol. The fraction of sp³-hybridized carbons (Fsp3) is 0.333. The van der Waals surface area contributed by atoms with Gasteiger partial charge < -0.3 is 29.2 Å². The number of morpholine rings is 1. The van der Waals surface area contributed by atoms with E-state index in [-0.39, 0.29) is 19.2 Å². The highest BCUT2D eigenvalue weighted by Crippen LogP contribution is 2.20. The third-order valence-corrected chi connectivity index (χ3v) is 5.61. The Labute approximate surface area is 221 Å². The first-order valence-electron chi connectivity index (χ1n) is 12.3. The van der Waals surface area contributed by atoms with Crippen molar-refractivity contribution in [2.24, 2.45) is 5.10 Å². The summed E-state index contributed by atoms with van der Waals surface area (Å²) < 4.78 is 21.5. The molecule has 11 heteroatoms. The Hall–Kier alpha value is -4.38. The van der Waals surface area contributed by atoms with Crippen LogP contribution in [-0.2, 0) is 16.0 Å². The third kappa shape index (κ3) is 8.34. The van der Waals surface area contributed by atoms with Gasteiger partial charge in [0.15, 0.2) is 5.82 Å². The number of hydrazone groups is 1. The van der Waals surface area contributed by atoms with Crippen LogP contribution in [0.25, 0.3) is 0 Å². The topological polar surface area (TPSA) is 119 Å². The number of carbonyl (C=O) groups is 1. The number of aryl methyl sites for hydroxylation is 1. The zero-order chi connectivity index (χ0) is 26.6. The van der Waals surface area contributed by atoms with Crippen LogP contribution in [0, 0.1) is 6.92 Å². The number of carbonyl (C=O) groups excluding carboxylic acids is 1. The van der Waals surface area contributed by atoms with Crippen LogP contribution >= 0.6 is 0 Å². The molecule has 0 aliphatic carbocycles.